The SMILES string of the molecule is COc1ccccc1C(C)NC1CCOC(C)C1. The highest BCUT2D eigenvalue weighted by Gasteiger charge is 2.21. The van der Waals surface area contributed by atoms with E-state index in [4.69, 9.17) is 9.47 Å². The van der Waals surface area contributed by atoms with Crippen molar-refractivity contribution in [2.45, 2.75) is 44.9 Å². The molecule has 100 valence electrons. The first kappa shape index (κ1) is 13.4. The van der Waals surface area contributed by atoms with Gasteiger partial charge in [-0.15, -0.1) is 0 Å². The maximum atomic E-state index is 5.58. The van der Waals surface area contributed by atoms with Crippen LogP contribution in [0.1, 0.15) is 38.3 Å². The zero-order valence-corrected chi connectivity index (χ0v) is 11.5. The molecule has 1 heterocycles. The highest BCUT2D eigenvalue weighted by Crippen LogP contribution is 2.26. The molecule has 0 saturated carbocycles. The largest absolute Gasteiger partial charge is 0.496 e. The fraction of sp³-hybridized carbons (Fsp3) is 0.600. The molecule has 3 nitrogen and oxygen atoms in total. The molecule has 1 aromatic carbocycles. The molecule has 1 aromatic rings. The maximum absolute atomic E-state index is 5.58. The van der Waals surface area contributed by atoms with E-state index < -0.39 is 0 Å². The van der Waals surface area contributed by atoms with E-state index in [1.807, 2.05) is 12.1 Å². The number of rotatable bonds is 4. The Hall–Kier alpha value is -1.06. The Kier molecular flexibility index (Phi) is 4.61. The Bertz CT molecular complexity index is 381. The molecule has 1 aliphatic heterocycles. The van der Waals surface area contributed by atoms with Crippen LogP contribution in [0, 0.1) is 0 Å². The van der Waals surface area contributed by atoms with Crippen LogP contribution in [0.5, 0.6) is 5.75 Å². The second kappa shape index (κ2) is 6.21. The van der Waals surface area contributed by atoms with Crippen LogP contribution in [-0.2, 0) is 4.74 Å². The Morgan fingerprint density at radius 3 is 2.89 bits per heavy atom. The van der Waals surface area contributed by atoms with Crippen molar-refractivity contribution in [2.75, 3.05) is 13.7 Å². The zero-order chi connectivity index (χ0) is 13.0. The normalized spacial score (nSPS) is 25.7. The predicted molar refractivity (Wildman–Crippen MR) is 73.0 cm³/mol. The molecule has 1 aliphatic rings. The molecule has 0 amide bonds. The minimum absolute atomic E-state index is 0.302. The third-order valence-corrected chi connectivity index (χ3v) is 3.58. The first-order valence-electron chi connectivity index (χ1n) is 6.71. The van der Waals surface area contributed by atoms with Gasteiger partial charge in [0.15, 0.2) is 0 Å². The van der Waals surface area contributed by atoms with Gasteiger partial charge in [0.25, 0.3) is 0 Å². The summed E-state index contributed by atoms with van der Waals surface area (Å²) in [6, 6.07) is 9.04. The second-order valence-corrected chi connectivity index (χ2v) is 5.03. The van der Waals surface area contributed by atoms with Crippen molar-refractivity contribution in [1.29, 1.82) is 0 Å². The van der Waals surface area contributed by atoms with Gasteiger partial charge in [0.1, 0.15) is 5.75 Å². The average molecular weight is 249 g/mol. The minimum Gasteiger partial charge on any atom is -0.496 e. The number of ether oxygens (including phenoxy) is 2. The summed E-state index contributed by atoms with van der Waals surface area (Å²) in [5, 5.41) is 3.68. The van der Waals surface area contributed by atoms with Crippen LogP contribution >= 0.6 is 0 Å². The molecule has 1 N–H and O–H groups in total. The van der Waals surface area contributed by atoms with Crippen molar-refractivity contribution >= 4 is 0 Å². The van der Waals surface area contributed by atoms with Crippen molar-refractivity contribution < 1.29 is 9.47 Å². The van der Waals surface area contributed by atoms with Crippen LogP contribution in [-0.4, -0.2) is 25.9 Å². The summed E-state index contributed by atoms with van der Waals surface area (Å²) in [4.78, 5) is 0. The van der Waals surface area contributed by atoms with E-state index in [1.54, 1.807) is 7.11 Å². The summed E-state index contributed by atoms with van der Waals surface area (Å²) in [6.45, 7) is 5.19. The number of hydrogen-bond donors (Lipinski definition) is 1. The fourth-order valence-corrected chi connectivity index (χ4v) is 2.62. The van der Waals surface area contributed by atoms with Gasteiger partial charge in [0, 0.05) is 24.3 Å². The molecule has 0 radical (unpaired) electrons. The third-order valence-electron chi connectivity index (χ3n) is 3.58. The minimum atomic E-state index is 0.302. The molecule has 1 saturated heterocycles. The quantitative estimate of drug-likeness (QED) is 0.890. The smallest absolute Gasteiger partial charge is 0.123 e. The lowest BCUT2D eigenvalue weighted by Crippen LogP contribution is -2.39. The molecule has 0 aromatic heterocycles. The zero-order valence-electron chi connectivity index (χ0n) is 11.5. The van der Waals surface area contributed by atoms with Gasteiger partial charge >= 0.3 is 0 Å². The van der Waals surface area contributed by atoms with Crippen LogP contribution in [0.4, 0.5) is 0 Å². The van der Waals surface area contributed by atoms with Gasteiger partial charge in [-0.25, -0.2) is 0 Å². The maximum Gasteiger partial charge on any atom is 0.123 e. The Labute approximate surface area is 109 Å². The van der Waals surface area contributed by atoms with Gasteiger partial charge in [-0.1, -0.05) is 18.2 Å². The summed E-state index contributed by atoms with van der Waals surface area (Å²) in [7, 11) is 1.72. The summed E-state index contributed by atoms with van der Waals surface area (Å²) >= 11 is 0. The molecule has 3 heteroatoms. The first-order valence-corrected chi connectivity index (χ1v) is 6.71. The molecule has 0 bridgehead atoms. The Morgan fingerprint density at radius 1 is 1.39 bits per heavy atom. The van der Waals surface area contributed by atoms with Gasteiger partial charge in [0.2, 0.25) is 0 Å². The van der Waals surface area contributed by atoms with Crippen molar-refractivity contribution in [3.63, 3.8) is 0 Å². The van der Waals surface area contributed by atoms with E-state index in [9.17, 15) is 0 Å². The van der Waals surface area contributed by atoms with Gasteiger partial charge in [-0.2, -0.15) is 0 Å². The van der Waals surface area contributed by atoms with Crippen LogP contribution in [0.25, 0.3) is 0 Å². The monoisotopic (exact) mass is 249 g/mol. The highest BCUT2D eigenvalue weighted by atomic mass is 16.5. The number of hydrogen-bond acceptors (Lipinski definition) is 3. The Morgan fingerprint density at radius 2 is 2.17 bits per heavy atom. The molecule has 0 spiro atoms. The van der Waals surface area contributed by atoms with Gasteiger partial charge < -0.3 is 14.8 Å². The molecule has 3 unspecified atom stereocenters. The van der Waals surface area contributed by atoms with Crippen LogP contribution in [0.15, 0.2) is 24.3 Å². The average Bonchev–Trinajstić information content (AvgIpc) is 2.38. The second-order valence-electron chi connectivity index (χ2n) is 5.03. The van der Waals surface area contributed by atoms with E-state index >= 15 is 0 Å². The van der Waals surface area contributed by atoms with E-state index in [-0.39, 0.29) is 0 Å². The number of nitrogens with one attached hydrogen (secondary N) is 1. The fourth-order valence-electron chi connectivity index (χ4n) is 2.62. The lowest BCUT2D eigenvalue weighted by molar-refractivity contribution is 0.0115. The standard InChI is InChI=1S/C15H23NO2/c1-11-10-13(8-9-18-11)16-12(2)14-6-4-5-7-15(14)17-3/h4-7,11-13,16H,8-10H2,1-3H3. The summed E-state index contributed by atoms with van der Waals surface area (Å²) < 4.78 is 11.0. The first-order chi connectivity index (χ1) is 8.70. The van der Waals surface area contributed by atoms with Gasteiger partial charge in [0.05, 0.1) is 13.2 Å². The molecule has 1 fully saturated rings. The molecular formula is C15H23NO2. The van der Waals surface area contributed by atoms with Crippen molar-refractivity contribution in [3.05, 3.63) is 29.8 Å². The molecule has 2 rings (SSSR count). The van der Waals surface area contributed by atoms with E-state index in [2.05, 4.69) is 31.3 Å². The molecule has 0 aliphatic carbocycles. The summed E-state index contributed by atoms with van der Waals surface area (Å²) in [5.41, 5.74) is 1.22. The number of benzene rings is 1. The van der Waals surface area contributed by atoms with Crippen molar-refractivity contribution in [3.8, 4) is 5.75 Å². The lowest BCUT2D eigenvalue weighted by atomic mass is 10.0. The van der Waals surface area contributed by atoms with E-state index in [0.29, 0.717) is 18.2 Å². The van der Waals surface area contributed by atoms with E-state index in [1.165, 1.54) is 5.56 Å². The van der Waals surface area contributed by atoms with Crippen LogP contribution in [0.2, 0.25) is 0 Å². The van der Waals surface area contributed by atoms with Gasteiger partial charge in [-0.05, 0) is 32.8 Å². The molecule has 18 heavy (non-hydrogen) atoms. The summed E-state index contributed by atoms with van der Waals surface area (Å²) in [6.07, 6.45) is 2.53. The molecule has 3 atom stereocenters. The lowest BCUT2D eigenvalue weighted by Gasteiger charge is -2.31. The highest BCUT2D eigenvalue weighted by molar-refractivity contribution is 5.35. The topological polar surface area (TPSA) is 30.5 Å². The van der Waals surface area contributed by atoms with Crippen molar-refractivity contribution in [1.82, 2.24) is 5.32 Å². The Balaban J connectivity index is 2.00. The third kappa shape index (κ3) is 3.24. The van der Waals surface area contributed by atoms with Crippen LogP contribution < -0.4 is 10.1 Å². The number of para-hydroxylation sites is 1. The number of methoxy groups -OCH3 is 1. The van der Waals surface area contributed by atoms with Crippen molar-refractivity contribution in [2.24, 2.45) is 0 Å². The summed E-state index contributed by atoms with van der Waals surface area (Å²) in [5.74, 6) is 0.956. The van der Waals surface area contributed by atoms with E-state index in [0.717, 1.165) is 25.2 Å². The van der Waals surface area contributed by atoms with Gasteiger partial charge in [-0.3, -0.25) is 0 Å². The predicted octanol–water partition coefficient (Wildman–Crippen LogP) is 2.91. The molecular weight excluding hydrogens is 226 g/mol. The van der Waals surface area contributed by atoms with Crippen LogP contribution in [0.3, 0.4) is 0 Å².